The van der Waals surface area contributed by atoms with E-state index in [0.29, 0.717) is 5.69 Å². The van der Waals surface area contributed by atoms with Crippen LogP contribution < -0.4 is 4.90 Å². The van der Waals surface area contributed by atoms with Crippen molar-refractivity contribution in [2.24, 2.45) is 0 Å². The third-order valence-corrected chi connectivity index (χ3v) is 4.73. The normalized spacial score (nSPS) is 22.6. The predicted molar refractivity (Wildman–Crippen MR) is 98.5 cm³/mol. The molecule has 0 saturated carbocycles. The summed E-state index contributed by atoms with van der Waals surface area (Å²) in [6, 6.07) is 6.85. The van der Waals surface area contributed by atoms with Gasteiger partial charge in [0.1, 0.15) is 6.10 Å². The van der Waals surface area contributed by atoms with Crippen LogP contribution in [-0.2, 0) is 25.5 Å². The number of hydrogen-bond donors (Lipinski definition) is 0. The predicted octanol–water partition coefficient (Wildman–Crippen LogP) is 3.48. The van der Waals surface area contributed by atoms with E-state index < -0.39 is 0 Å². The highest BCUT2D eigenvalue weighted by Gasteiger charge is 2.25. The average molecular weight is 353 g/mol. The zero-order valence-corrected chi connectivity index (χ0v) is 14.9. The molecule has 26 heavy (non-hydrogen) atoms. The van der Waals surface area contributed by atoms with Gasteiger partial charge in [0.15, 0.2) is 0 Å². The lowest BCUT2D eigenvalue weighted by Gasteiger charge is -2.20. The summed E-state index contributed by atoms with van der Waals surface area (Å²) >= 11 is 0. The van der Waals surface area contributed by atoms with Crippen LogP contribution in [0.1, 0.15) is 44.6 Å². The van der Waals surface area contributed by atoms with Crippen molar-refractivity contribution in [3.05, 3.63) is 53.6 Å². The van der Waals surface area contributed by atoms with Gasteiger partial charge in [0.05, 0.1) is 12.1 Å². The van der Waals surface area contributed by atoms with E-state index >= 15 is 0 Å². The molecule has 0 N–H and O–H groups in total. The maximum Gasteiger partial charge on any atom is 0.310 e. The number of benzene rings is 1. The quantitative estimate of drug-likeness (QED) is 0.472. The topological polar surface area (TPSA) is 63.7 Å². The Bertz CT molecular complexity index is 743. The molecule has 2 amide bonds. The second kappa shape index (κ2) is 8.13. The van der Waals surface area contributed by atoms with E-state index in [2.05, 4.69) is 13.0 Å². The molecule has 1 atom stereocenters. The van der Waals surface area contributed by atoms with Gasteiger partial charge in [-0.1, -0.05) is 23.8 Å². The summed E-state index contributed by atoms with van der Waals surface area (Å²) in [7, 11) is 0. The number of amides is 2. The molecule has 5 heteroatoms. The van der Waals surface area contributed by atoms with Crippen molar-refractivity contribution < 1.29 is 19.1 Å². The Morgan fingerprint density at radius 2 is 1.81 bits per heavy atom. The number of allylic oxidation sites excluding steroid dienone is 2. The minimum absolute atomic E-state index is 0.0173. The van der Waals surface area contributed by atoms with Gasteiger partial charge in [0.2, 0.25) is 0 Å². The Morgan fingerprint density at radius 1 is 1.12 bits per heavy atom. The first-order valence-electron chi connectivity index (χ1n) is 9.03. The van der Waals surface area contributed by atoms with Crippen molar-refractivity contribution in [1.82, 2.24) is 0 Å². The zero-order valence-electron chi connectivity index (χ0n) is 14.9. The Hall–Kier alpha value is -2.69. The molecule has 1 heterocycles. The molecule has 1 aliphatic carbocycles. The van der Waals surface area contributed by atoms with E-state index in [-0.39, 0.29) is 30.3 Å². The minimum Gasteiger partial charge on any atom is -0.462 e. The lowest BCUT2D eigenvalue weighted by molar-refractivity contribution is -0.149. The highest BCUT2D eigenvalue weighted by Crippen LogP contribution is 2.22. The van der Waals surface area contributed by atoms with E-state index in [1.165, 1.54) is 17.7 Å². The molecule has 3 rings (SSSR count). The van der Waals surface area contributed by atoms with Crippen LogP contribution in [0.25, 0.3) is 0 Å². The van der Waals surface area contributed by atoms with Gasteiger partial charge >= 0.3 is 5.97 Å². The molecule has 0 spiro atoms. The molecule has 0 saturated heterocycles. The van der Waals surface area contributed by atoms with E-state index in [4.69, 9.17) is 4.74 Å². The molecular formula is C21H23NO4. The van der Waals surface area contributed by atoms with E-state index in [1.807, 2.05) is 0 Å². The third kappa shape index (κ3) is 4.48. The molecule has 2 aliphatic rings. The molecule has 0 unspecified atom stereocenters. The summed E-state index contributed by atoms with van der Waals surface area (Å²) in [6.45, 7) is 2.12. The van der Waals surface area contributed by atoms with Gasteiger partial charge in [0.25, 0.3) is 11.8 Å². The van der Waals surface area contributed by atoms with Crippen LogP contribution in [0.15, 0.2) is 48.1 Å². The summed E-state index contributed by atoms with van der Waals surface area (Å²) in [5.74, 6) is -0.938. The minimum atomic E-state index is -0.351. The van der Waals surface area contributed by atoms with Crippen LogP contribution in [0.5, 0.6) is 0 Å². The van der Waals surface area contributed by atoms with Crippen LogP contribution in [-0.4, -0.2) is 23.9 Å². The Labute approximate surface area is 153 Å². The van der Waals surface area contributed by atoms with Crippen LogP contribution in [0.3, 0.4) is 0 Å². The summed E-state index contributed by atoms with van der Waals surface area (Å²) in [6.07, 6.45) is 9.77. The molecule has 1 aromatic rings. The van der Waals surface area contributed by atoms with E-state index in [9.17, 15) is 14.4 Å². The van der Waals surface area contributed by atoms with Crippen molar-refractivity contribution in [3.63, 3.8) is 0 Å². The van der Waals surface area contributed by atoms with Gasteiger partial charge in [-0.05, 0) is 56.7 Å². The lowest BCUT2D eigenvalue weighted by Crippen LogP contribution is -2.29. The molecule has 1 aromatic carbocycles. The van der Waals surface area contributed by atoms with Gasteiger partial charge < -0.3 is 4.74 Å². The molecule has 5 nitrogen and oxygen atoms in total. The van der Waals surface area contributed by atoms with Crippen LogP contribution in [0.2, 0.25) is 0 Å². The number of carbonyl (C=O) groups excluding carboxylic acids is 3. The van der Waals surface area contributed by atoms with Crippen molar-refractivity contribution in [3.8, 4) is 0 Å². The average Bonchev–Trinajstić information content (AvgIpc) is 2.94. The molecule has 0 radical (unpaired) electrons. The zero-order chi connectivity index (χ0) is 18.5. The summed E-state index contributed by atoms with van der Waals surface area (Å²) < 4.78 is 5.65. The maximum absolute atomic E-state index is 12.2. The highest BCUT2D eigenvalue weighted by molar-refractivity contribution is 6.28. The van der Waals surface area contributed by atoms with Crippen molar-refractivity contribution in [1.29, 1.82) is 0 Å². The first kappa shape index (κ1) is 18.1. The number of hydrogen-bond acceptors (Lipinski definition) is 4. The first-order chi connectivity index (χ1) is 12.5. The van der Waals surface area contributed by atoms with Crippen molar-refractivity contribution >= 4 is 23.5 Å². The lowest BCUT2D eigenvalue weighted by atomic mass is 9.99. The fraction of sp³-hybridized carbons (Fsp3) is 0.381. The Balaban J connectivity index is 1.55. The summed E-state index contributed by atoms with van der Waals surface area (Å²) in [5.41, 5.74) is 2.67. The van der Waals surface area contributed by atoms with Gasteiger partial charge in [-0.3, -0.25) is 14.4 Å². The number of ether oxygens (including phenoxy) is 1. The van der Waals surface area contributed by atoms with Crippen LogP contribution in [0.4, 0.5) is 5.69 Å². The SMILES string of the molecule is C/C1=C\CCC[C@H](OC(=O)Cc2ccc(N3C(=O)C=CC3=O)cc2)CC1. The monoisotopic (exact) mass is 353 g/mol. The third-order valence-electron chi connectivity index (χ3n) is 4.73. The second-order valence-electron chi connectivity index (χ2n) is 6.82. The maximum atomic E-state index is 12.2. The summed E-state index contributed by atoms with van der Waals surface area (Å²) in [5, 5.41) is 0. The van der Waals surface area contributed by atoms with Gasteiger partial charge in [-0.25, -0.2) is 4.90 Å². The number of carbonyl (C=O) groups is 3. The van der Waals surface area contributed by atoms with Crippen molar-refractivity contribution in [2.75, 3.05) is 4.90 Å². The largest absolute Gasteiger partial charge is 0.462 e. The fourth-order valence-corrected chi connectivity index (χ4v) is 3.26. The number of anilines is 1. The number of rotatable bonds is 4. The van der Waals surface area contributed by atoms with Crippen LogP contribution >= 0.6 is 0 Å². The van der Waals surface area contributed by atoms with Crippen LogP contribution in [0, 0.1) is 0 Å². The number of esters is 1. The summed E-state index contributed by atoms with van der Waals surface area (Å²) in [4.78, 5) is 36.7. The standard InChI is InChI=1S/C21H23NO4/c1-15-4-2-3-5-18(11-6-15)26-21(25)14-16-7-9-17(10-8-16)22-19(23)12-13-20(22)24/h4,7-10,12-13,18H,2-3,5-6,11,14H2,1H3/b15-4+/t18-/m0/s1. The molecule has 0 bridgehead atoms. The molecule has 1 aliphatic heterocycles. The Morgan fingerprint density at radius 3 is 2.50 bits per heavy atom. The van der Waals surface area contributed by atoms with Gasteiger partial charge in [0, 0.05) is 12.2 Å². The Kier molecular flexibility index (Phi) is 5.66. The molecular weight excluding hydrogens is 330 g/mol. The van der Waals surface area contributed by atoms with E-state index in [1.54, 1.807) is 24.3 Å². The molecule has 136 valence electrons. The number of imide groups is 1. The molecule has 0 aromatic heterocycles. The second-order valence-corrected chi connectivity index (χ2v) is 6.82. The van der Waals surface area contributed by atoms with Crippen molar-refractivity contribution in [2.45, 2.75) is 51.6 Å². The molecule has 0 fully saturated rings. The van der Waals surface area contributed by atoms with Gasteiger partial charge in [-0.2, -0.15) is 0 Å². The van der Waals surface area contributed by atoms with Gasteiger partial charge in [-0.15, -0.1) is 0 Å². The first-order valence-corrected chi connectivity index (χ1v) is 9.03. The fourth-order valence-electron chi connectivity index (χ4n) is 3.26. The van der Waals surface area contributed by atoms with E-state index in [0.717, 1.165) is 42.6 Å². The number of nitrogens with zero attached hydrogens (tertiary/aromatic N) is 1. The smallest absolute Gasteiger partial charge is 0.310 e. The highest BCUT2D eigenvalue weighted by atomic mass is 16.5.